The number of methoxy groups -OCH3 is 1. The predicted molar refractivity (Wildman–Crippen MR) is 72.8 cm³/mol. The average Bonchev–Trinajstić information content (AvgIpc) is 2.91. The quantitative estimate of drug-likeness (QED) is 0.862. The van der Waals surface area contributed by atoms with Gasteiger partial charge in [-0.3, -0.25) is 4.79 Å². The van der Waals surface area contributed by atoms with E-state index in [0.717, 1.165) is 35.9 Å². The molecule has 4 nitrogen and oxygen atoms in total. The molecule has 4 heteroatoms. The Balaban J connectivity index is 2.02. The number of hydrogen-bond acceptors (Lipinski definition) is 3. The molecular weight excluding hydrogens is 242 g/mol. The third-order valence-corrected chi connectivity index (χ3v) is 3.63. The lowest BCUT2D eigenvalue weighted by atomic mass is 9.99. The molecule has 0 amide bonds. The average molecular weight is 259 g/mol. The van der Waals surface area contributed by atoms with Gasteiger partial charge in [-0.1, -0.05) is 6.07 Å². The van der Waals surface area contributed by atoms with Gasteiger partial charge in [-0.25, -0.2) is 0 Å². The molecule has 1 aromatic heterocycles. The number of aromatic amines is 1. The molecule has 1 aliphatic rings. The lowest BCUT2D eigenvalue weighted by Gasteiger charge is -2.21. The number of fused-ring (bicyclic) bond motifs is 1. The zero-order valence-electron chi connectivity index (χ0n) is 10.9. The number of hydrogen-bond donors (Lipinski definition) is 1. The summed E-state index contributed by atoms with van der Waals surface area (Å²) in [7, 11) is 1.62. The van der Waals surface area contributed by atoms with Crippen molar-refractivity contribution in [1.82, 2.24) is 4.98 Å². The second-order valence-corrected chi connectivity index (χ2v) is 4.80. The van der Waals surface area contributed by atoms with E-state index in [4.69, 9.17) is 9.47 Å². The van der Waals surface area contributed by atoms with Gasteiger partial charge in [-0.15, -0.1) is 0 Å². The monoisotopic (exact) mass is 259 g/mol. The van der Waals surface area contributed by atoms with Gasteiger partial charge in [-0.05, 0) is 31.4 Å². The molecule has 0 saturated carbocycles. The van der Waals surface area contributed by atoms with Crippen molar-refractivity contribution in [2.45, 2.75) is 25.4 Å². The number of rotatable bonds is 3. The molecule has 1 atom stereocenters. The maximum absolute atomic E-state index is 12.5. The van der Waals surface area contributed by atoms with Crippen LogP contribution in [0, 0.1) is 0 Å². The number of carbonyl (C=O) groups excluding carboxylic acids is 1. The number of ether oxygens (including phenoxy) is 2. The van der Waals surface area contributed by atoms with Crippen LogP contribution in [0.4, 0.5) is 0 Å². The summed E-state index contributed by atoms with van der Waals surface area (Å²) < 4.78 is 10.9. The molecule has 100 valence electrons. The first-order chi connectivity index (χ1) is 9.31. The Kier molecular flexibility index (Phi) is 3.25. The number of aromatic nitrogens is 1. The van der Waals surface area contributed by atoms with Gasteiger partial charge in [0.15, 0.2) is 5.78 Å². The molecule has 1 saturated heterocycles. The highest BCUT2D eigenvalue weighted by molar-refractivity contribution is 6.11. The van der Waals surface area contributed by atoms with Crippen molar-refractivity contribution in [3.8, 4) is 5.75 Å². The molecule has 0 spiro atoms. The van der Waals surface area contributed by atoms with Gasteiger partial charge in [0.2, 0.25) is 0 Å². The third-order valence-electron chi connectivity index (χ3n) is 3.63. The van der Waals surface area contributed by atoms with Crippen LogP contribution in [0.25, 0.3) is 10.9 Å². The summed E-state index contributed by atoms with van der Waals surface area (Å²) in [6.07, 6.45) is 4.35. The molecule has 1 aliphatic heterocycles. The molecule has 0 radical (unpaired) electrons. The Morgan fingerprint density at radius 2 is 2.32 bits per heavy atom. The van der Waals surface area contributed by atoms with Crippen LogP contribution >= 0.6 is 0 Å². The van der Waals surface area contributed by atoms with Crippen molar-refractivity contribution in [3.05, 3.63) is 30.0 Å². The number of H-pyrrole nitrogens is 1. The minimum Gasteiger partial charge on any atom is -0.496 e. The van der Waals surface area contributed by atoms with E-state index < -0.39 is 0 Å². The van der Waals surface area contributed by atoms with Gasteiger partial charge < -0.3 is 14.5 Å². The Bertz CT molecular complexity index is 596. The predicted octanol–water partition coefficient (Wildman–Crippen LogP) is 2.93. The van der Waals surface area contributed by atoms with Crippen molar-refractivity contribution >= 4 is 16.7 Å². The van der Waals surface area contributed by atoms with Crippen LogP contribution in [0.1, 0.15) is 29.6 Å². The Morgan fingerprint density at radius 1 is 1.42 bits per heavy atom. The van der Waals surface area contributed by atoms with E-state index in [0.29, 0.717) is 12.2 Å². The molecule has 1 fully saturated rings. The summed E-state index contributed by atoms with van der Waals surface area (Å²) in [6, 6.07) is 5.72. The zero-order valence-corrected chi connectivity index (χ0v) is 10.9. The van der Waals surface area contributed by atoms with E-state index in [1.807, 2.05) is 18.2 Å². The van der Waals surface area contributed by atoms with Gasteiger partial charge in [0, 0.05) is 23.9 Å². The Hall–Kier alpha value is -1.81. The van der Waals surface area contributed by atoms with Crippen molar-refractivity contribution in [2.75, 3.05) is 13.7 Å². The highest BCUT2D eigenvalue weighted by Crippen LogP contribution is 2.30. The van der Waals surface area contributed by atoms with Gasteiger partial charge in [0.1, 0.15) is 11.9 Å². The van der Waals surface area contributed by atoms with Crippen molar-refractivity contribution in [1.29, 1.82) is 0 Å². The topological polar surface area (TPSA) is 51.3 Å². The highest BCUT2D eigenvalue weighted by Gasteiger charge is 2.26. The molecule has 0 bridgehead atoms. The molecule has 2 heterocycles. The maximum atomic E-state index is 12.5. The van der Waals surface area contributed by atoms with Crippen LogP contribution in [-0.4, -0.2) is 30.6 Å². The fraction of sp³-hybridized carbons (Fsp3) is 0.400. The SMILES string of the molecule is COc1cccc2[nH]cc(C(=O)C3CCCCO3)c12. The Labute approximate surface area is 111 Å². The Morgan fingerprint density at radius 3 is 3.05 bits per heavy atom. The molecular formula is C15H17NO3. The van der Waals surface area contributed by atoms with Crippen LogP contribution in [0.2, 0.25) is 0 Å². The summed E-state index contributed by atoms with van der Waals surface area (Å²) in [4.78, 5) is 15.7. The fourth-order valence-electron chi connectivity index (χ4n) is 2.64. The number of benzene rings is 1. The fourth-order valence-corrected chi connectivity index (χ4v) is 2.64. The first kappa shape index (κ1) is 12.2. The van der Waals surface area contributed by atoms with Crippen LogP contribution in [0.15, 0.2) is 24.4 Å². The van der Waals surface area contributed by atoms with Crippen molar-refractivity contribution in [3.63, 3.8) is 0 Å². The molecule has 19 heavy (non-hydrogen) atoms. The van der Waals surface area contributed by atoms with Gasteiger partial charge in [0.05, 0.1) is 12.5 Å². The summed E-state index contributed by atoms with van der Waals surface area (Å²) in [5.74, 6) is 0.772. The second-order valence-electron chi connectivity index (χ2n) is 4.80. The first-order valence-corrected chi connectivity index (χ1v) is 6.61. The van der Waals surface area contributed by atoms with Crippen LogP contribution in [-0.2, 0) is 4.74 Å². The summed E-state index contributed by atoms with van der Waals surface area (Å²) in [5.41, 5.74) is 1.58. The molecule has 2 aromatic rings. The summed E-state index contributed by atoms with van der Waals surface area (Å²) >= 11 is 0. The van der Waals surface area contributed by atoms with Gasteiger partial charge in [0.25, 0.3) is 0 Å². The van der Waals surface area contributed by atoms with E-state index >= 15 is 0 Å². The molecule has 1 aromatic carbocycles. The van der Waals surface area contributed by atoms with Crippen LogP contribution in [0.5, 0.6) is 5.75 Å². The van der Waals surface area contributed by atoms with Crippen molar-refractivity contribution < 1.29 is 14.3 Å². The van der Waals surface area contributed by atoms with Crippen LogP contribution in [0.3, 0.4) is 0 Å². The number of carbonyl (C=O) groups is 1. The maximum Gasteiger partial charge on any atom is 0.193 e. The lowest BCUT2D eigenvalue weighted by molar-refractivity contribution is 0.0188. The minimum atomic E-state index is -0.308. The lowest BCUT2D eigenvalue weighted by Crippen LogP contribution is -2.28. The zero-order chi connectivity index (χ0) is 13.2. The number of nitrogens with one attached hydrogen (secondary N) is 1. The molecule has 0 aliphatic carbocycles. The minimum absolute atomic E-state index is 0.0513. The van der Waals surface area contributed by atoms with Crippen LogP contribution < -0.4 is 4.74 Å². The van der Waals surface area contributed by atoms with E-state index in [9.17, 15) is 4.79 Å². The second kappa shape index (κ2) is 5.05. The molecule has 3 rings (SSSR count). The number of Topliss-reactive ketones (excluding diaryl/α,β-unsaturated/α-hetero) is 1. The number of ketones is 1. The molecule has 1 N–H and O–H groups in total. The first-order valence-electron chi connectivity index (χ1n) is 6.61. The van der Waals surface area contributed by atoms with E-state index in [1.165, 1.54) is 0 Å². The van der Waals surface area contributed by atoms with Crippen molar-refractivity contribution in [2.24, 2.45) is 0 Å². The summed E-state index contributed by atoms with van der Waals surface area (Å²) in [6.45, 7) is 0.676. The van der Waals surface area contributed by atoms with E-state index in [2.05, 4.69) is 4.98 Å². The molecule has 1 unspecified atom stereocenters. The largest absolute Gasteiger partial charge is 0.496 e. The third kappa shape index (κ3) is 2.12. The summed E-state index contributed by atoms with van der Waals surface area (Å²) in [5, 5.41) is 0.851. The van der Waals surface area contributed by atoms with E-state index in [1.54, 1.807) is 13.3 Å². The normalized spacial score (nSPS) is 19.5. The highest BCUT2D eigenvalue weighted by atomic mass is 16.5. The van der Waals surface area contributed by atoms with Gasteiger partial charge >= 0.3 is 0 Å². The smallest absolute Gasteiger partial charge is 0.193 e. The van der Waals surface area contributed by atoms with Gasteiger partial charge in [-0.2, -0.15) is 0 Å². The van der Waals surface area contributed by atoms with E-state index in [-0.39, 0.29) is 11.9 Å². The standard InChI is InChI=1S/C15H17NO3/c1-18-12-7-4-5-11-14(12)10(9-16-11)15(17)13-6-2-3-8-19-13/h4-5,7,9,13,16H,2-3,6,8H2,1H3.